The number of alkyl halides is 3. The van der Waals surface area contributed by atoms with Crippen LogP contribution in [0.1, 0.15) is 31.4 Å². The Bertz CT molecular complexity index is 433. The number of hydrogen-bond acceptors (Lipinski definition) is 3. The molecule has 6 heteroatoms. The summed E-state index contributed by atoms with van der Waals surface area (Å²) in [7, 11) is 0. The minimum absolute atomic E-state index is 0.0486. The van der Waals surface area contributed by atoms with Crippen molar-refractivity contribution >= 4 is 0 Å². The Morgan fingerprint density at radius 2 is 2.00 bits per heavy atom. The highest BCUT2D eigenvalue weighted by Crippen LogP contribution is 2.30. The molecule has 20 heavy (non-hydrogen) atoms. The predicted octanol–water partition coefficient (Wildman–Crippen LogP) is 3.07. The van der Waals surface area contributed by atoms with Crippen LogP contribution in [0.5, 0.6) is 5.75 Å². The van der Waals surface area contributed by atoms with Crippen molar-refractivity contribution in [3.05, 3.63) is 29.8 Å². The fourth-order valence-electron chi connectivity index (χ4n) is 2.77. The first-order chi connectivity index (χ1) is 9.40. The van der Waals surface area contributed by atoms with Crippen LogP contribution in [0.4, 0.5) is 13.2 Å². The van der Waals surface area contributed by atoms with Gasteiger partial charge in [0.05, 0.1) is 0 Å². The van der Waals surface area contributed by atoms with Crippen LogP contribution in [-0.2, 0) is 0 Å². The second-order valence-corrected chi connectivity index (χ2v) is 5.10. The zero-order valence-electron chi connectivity index (χ0n) is 11.4. The van der Waals surface area contributed by atoms with E-state index in [0.717, 1.165) is 24.9 Å². The van der Waals surface area contributed by atoms with Gasteiger partial charge in [0.15, 0.2) is 0 Å². The number of halogens is 3. The number of rotatable bonds is 4. The molecular formula is C14H19F3N2O. The first-order valence-electron chi connectivity index (χ1n) is 6.72. The average molecular weight is 288 g/mol. The molecule has 1 aromatic rings. The van der Waals surface area contributed by atoms with E-state index in [2.05, 4.69) is 16.6 Å². The fourth-order valence-corrected chi connectivity index (χ4v) is 2.77. The van der Waals surface area contributed by atoms with Crippen molar-refractivity contribution in [1.82, 2.24) is 4.90 Å². The minimum Gasteiger partial charge on any atom is -0.406 e. The van der Waals surface area contributed by atoms with E-state index in [-0.39, 0.29) is 11.8 Å². The number of hydrogen-bond donors (Lipinski definition) is 1. The molecule has 1 heterocycles. The first kappa shape index (κ1) is 15.1. The van der Waals surface area contributed by atoms with Gasteiger partial charge >= 0.3 is 6.36 Å². The van der Waals surface area contributed by atoms with Gasteiger partial charge in [-0.3, -0.25) is 4.90 Å². The summed E-state index contributed by atoms with van der Waals surface area (Å²) in [6.07, 6.45) is -2.39. The molecule has 1 aromatic carbocycles. The lowest BCUT2D eigenvalue weighted by Gasteiger charge is -2.31. The highest BCUT2D eigenvalue weighted by atomic mass is 19.4. The smallest absolute Gasteiger partial charge is 0.406 e. The molecule has 112 valence electrons. The molecule has 0 aromatic heterocycles. The summed E-state index contributed by atoms with van der Waals surface area (Å²) in [6, 6.07) is 6.49. The van der Waals surface area contributed by atoms with Crippen LogP contribution in [-0.4, -0.2) is 30.4 Å². The Morgan fingerprint density at radius 1 is 1.35 bits per heavy atom. The van der Waals surface area contributed by atoms with Crippen LogP contribution in [0.15, 0.2) is 24.3 Å². The van der Waals surface area contributed by atoms with Gasteiger partial charge in [-0.1, -0.05) is 12.1 Å². The van der Waals surface area contributed by atoms with Crippen LogP contribution in [0, 0.1) is 0 Å². The van der Waals surface area contributed by atoms with Gasteiger partial charge < -0.3 is 10.5 Å². The van der Waals surface area contributed by atoms with Gasteiger partial charge in [0.2, 0.25) is 0 Å². The molecule has 2 N–H and O–H groups in total. The molecule has 1 fully saturated rings. The summed E-state index contributed by atoms with van der Waals surface area (Å²) < 4.78 is 40.2. The van der Waals surface area contributed by atoms with E-state index in [1.54, 1.807) is 12.1 Å². The molecule has 1 aliphatic heterocycles. The van der Waals surface area contributed by atoms with Crippen molar-refractivity contribution in [3.8, 4) is 5.75 Å². The Hall–Kier alpha value is -1.27. The number of benzene rings is 1. The van der Waals surface area contributed by atoms with E-state index >= 15 is 0 Å². The zero-order chi connectivity index (χ0) is 14.8. The molecule has 2 atom stereocenters. The average Bonchev–Trinajstić information content (AvgIpc) is 2.77. The van der Waals surface area contributed by atoms with Crippen molar-refractivity contribution in [1.29, 1.82) is 0 Å². The third-order valence-electron chi connectivity index (χ3n) is 3.73. The van der Waals surface area contributed by atoms with Crippen molar-refractivity contribution < 1.29 is 17.9 Å². The lowest BCUT2D eigenvalue weighted by molar-refractivity contribution is -0.274. The lowest BCUT2D eigenvalue weighted by atomic mass is 10.0. The number of nitrogens with two attached hydrogens (primary N) is 1. The van der Waals surface area contributed by atoms with Crippen molar-refractivity contribution in [3.63, 3.8) is 0 Å². The van der Waals surface area contributed by atoms with E-state index < -0.39 is 6.36 Å². The van der Waals surface area contributed by atoms with Crippen LogP contribution < -0.4 is 10.5 Å². The van der Waals surface area contributed by atoms with E-state index in [4.69, 9.17) is 5.73 Å². The van der Waals surface area contributed by atoms with E-state index in [0.29, 0.717) is 12.6 Å². The summed E-state index contributed by atoms with van der Waals surface area (Å²) in [5.74, 6) is -0.202. The van der Waals surface area contributed by atoms with E-state index in [1.807, 2.05) is 0 Å². The Labute approximate surface area is 116 Å². The number of likely N-dealkylation sites (tertiary alicyclic amines) is 1. The van der Waals surface area contributed by atoms with Crippen molar-refractivity contribution in [2.24, 2.45) is 5.73 Å². The second-order valence-electron chi connectivity index (χ2n) is 5.10. The molecule has 2 rings (SSSR count). The number of ether oxygens (including phenoxy) is 1. The predicted molar refractivity (Wildman–Crippen MR) is 70.3 cm³/mol. The number of nitrogens with zero attached hydrogens (tertiary/aromatic N) is 1. The van der Waals surface area contributed by atoms with Crippen LogP contribution in [0.25, 0.3) is 0 Å². The van der Waals surface area contributed by atoms with Gasteiger partial charge in [-0.05, 0) is 44.0 Å². The quantitative estimate of drug-likeness (QED) is 0.925. The maximum absolute atomic E-state index is 12.1. The van der Waals surface area contributed by atoms with Crippen LogP contribution in [0.2, 0.25) is 0 Å². The molecule has 2 unspecified atom stereocenters. The molecule has 0 saturated carbocycles. The van der Waals surface area contributed by atoms with Crippen LogP contribution in [0.3, 0.4) is 0 Å². The standard InChI is InChI=1S/C14H19F3N2O/c1-10-3-2-8-19(10)13(9-18)11-4-6-12(7-5-11)20-14(15,16)17/h4-7,10,13H,2-3,8-9,18H2,1H3. The topological polar surface area (TPSA) is 38.5 Å². The third-order valence-corrected chi connectivity index (χ3v) is 3.73. The van der Waals surface area contributed by atoms with Gasteiger partial charge in [-0.25, -0.2) is 0 Å². The minimum atomic E-state index is -4.65. The van der Waals surface area contributed by atoms with Gasteiger partial charge in [0.1, 0.15) is 5.75 Å². The van der Waals surface area contributed by atoms with Gasteiger partial charge in [-0.2, -0.15) is 0 Å². The van der Waals surface area contributed by atoms with Crippen molar-refractivity contribution in [2.75, 3.05) is 13.1 Å². The third kappa shape index (κ3) is 3.64. The van der Waals surface area contributed by atoms with Crippen molar-refractivity contribution in [2.45, 2.75) is 38.2 Å². The zero-order valence-corrected chi connectivity index (χ0v) is 11.4. The summed E-state index contributed by atoms with van der Waals surface area (Å²) in [5, 5.41) is 0. The Balaban J connectivity index is 2.11. The molecule has 1 saturated heterocycles. The Morgan fingerprint density at radius 3 is 2.45 bits per heavy atom. The summed E-state index contributed by atoms with van der Waals surface area (Å²) in [6.45, 7) is 3.57. The molecule has 0 spiro atoms. The van der Waals surface area contributed by atoms with Crippen LogP contribution >= 0.6 is 0 Å². The van der Waals surface area contributed by atoms with E-state index in [1.165, 1.54) is 12.1 Å². The highest BCUT2D eigenvalue weighted by Gasteiger charge is 2.31. The fraction of sp³-hybridized carbons (Fsp3) is 0.571. The summed E-state index contributed by atoms with van der Waals surface area (Å²) >= 11 is 0. The van der Waals surface area contributed by atoms with Gasteiger partial charge in [0.25, 0.3) is 0 Å². The maximum atomic E-state index is 12.1. The highest BCUT2D eigenvalue weighted by molar-refractivity contribution is 5.29. The molecule has 0 bridgehead atoms. The Kier molecular flexibility index (Phi) is 4.55. The van der Waals surface area contributed by atoms with Gasteiger partial charge in [0, 0.05) is 18.6 Å². The van der Waals surface area contributed by atoms with E-state index in [9.17, 15) is 13.2 Å². The molecule has 3 nitrogen and oxygen atoms in total. The summed E-state index contributed by atoms with van der Waals surface area (Å²) in [5.41, 5.74) is 6.76. The summed E-state index contributed by atoms with van der Waals surface area (Å²) in [4.78, 5) is 2.31. The monoisotopic (exact) mass is 288 g/mol. The SMILES string of the molecule is CC1CCCN1C(CN)c1ccc(OC(F)(F)F)cc1. The maximum Gasteiger partial charge on any atom is 0.573 e. The normalized spacial score (nSPS) is 21.9. The molecule has 0 aliphatic carbocycles. The molecule has 1 aliphatic rings. The molecule has 0 amide bonds. The first-order valence-corrected chi connectivity index (χ1v) is 6.72. The second kappa shape index (κ2) is 6.01. The molecule has 0 radical (unpaired) electrons. The largest absolute Gasteiger partial charge is 0.573 e. The van der Waals surface area contributed by atoms with Gasteiger partial charge in [-0.15, -0.1) is 13.2 Å². The lowest BCUT2D eigenvalue weighted by Crippen LogP contribution is -2.35. The molecular weight excluding hydrogens is 269 g/mol.